The third-order valence-corrected chi connectivity index (χ3v) is 1.70. The van der Waals surface area contributed by atoms with Crippen LogP contribution in [0.1, 0.15) is 24.3 Å². The zero-order valence-corrected chi connectivity index (χ0v) is 8.66. The standard InChI is InChI=1S/C10H15N3O/c1-7(2)13-10(14)9-5-4-8(11-3)6-12-9/h4-7,11H,1-3H3,(H,13,14). The summed E-state index contributed by atoms with van der Waals surface area (Å²) in [4.78, 5) is 15.5. The number of hydrogen-bond donors (Lipinski definition) is 2. The number of aromatic nitrogens is 1. The Morgan fingerprint density at radius 3 is 2.57 bits per heavy atom. The quantitative estimate of drug-likeness (QED) is 0.760. The van der Waals surface area contributed by atoms with Gasteiger partial charge < -0.3 is 10.6 Å². The van der Waals surface area contributed by atoms with Crippen LogP contribution in [0, 0.1) is 0 Å². The first-order valence-electron chi connectivity index (χ1n) is 4.58. The molecule has 0 aliphatic rings. The van der Waals surface area contributed by atoms with Crippen LogP contribution in [0.15, 0.2) is 18.3 Å². The minimum Gasteiger partial charge on any atom is -0.387 e. The molecule has 0 aliphatic carbocycles. The van der Waals surface area contributed by atoms with Crippen LogP contribution in [0.25, 0.3) is 0 Å². The van der Waals surface area contributed by atoms with E-state index >= 15 is 0 Å². The number of nitrogens with one attached hydrogen (secondary N) is 2. The van der Waals surface area contributed by atoms with Gasteiger partial charge in [-0.05, 0) is 26.0 Å². The number of anilines is 1. The minimum atomic E-state index is -0.136. The summed E-state index contributed by atoms with van der Waals surface area (Å²) in [6.07, 6.45) is 1.63. The number of hydrogen-bond acceptors (Lipinski definition) is 3. The molecular formula is C10H15N3O. The maximum atomic E-state index is 11.5. The number of nitrogens with zero attached hydrogens (tertiary/aromatic N) is 1. The van der Waals surface area contributed by atoms with Crippen molar-refractivity contribution in [2.24, 2.45) is 0 Å². The molecule has 1 rings (SSSR count). The van der Waals surface area contributed by atoms with Crippen molar-refractivity contribution in [1.82, 2.24) is 10.3 Å². The van der Waals surface area contributed by atoms with E-state index < -0.39 is 0 Å². The summed E-state index contributed by atoms with van der Waals surface area (Å²) in [5.41, 5.74) is 1.34. The predicted molar refractivity (Wildman–Crippen MR) is 56.4 cm³/mol. The molecule has 0 aromatic carbocycles. The Morgan fingerprint density at radius 2 is 2.14 bits per heavy atom. The summed E-state index contributed by atoms with van der Waals surface area (Å²) < 4.78 is 0. The van der Waals surface area contributed by atoms with Crippen LogP contribution in [0.2, 0.25) is 0 Å². The molecule has 0 atom stereocenters. The Labute approximate surface area is 83.7 Å². The molecule has 1 aromatic rings. The minimum absolute atomic E-state index is 0.133. The van der Waals surface area contributed by atoms with Gasteiger partial charge in [-0.3, -0.25) is 4.79 Å². The molecule has 0 saturated heterocycles. The Balaban J connectivity index is 2.71. The van der Waals surface area contributed by atoms with Crippen molar-refractivity contribution < 1.29 is 4.79 Å². The highest BCUT2D eigenvalue weighted by atomic mass is 16.1. The van der Waals surface area contributed by atoms with Crippen molar-refractivity contribution in [2.75, 3.05) is 12.4 Å². The van der Waals surface area contributed by atoms with Crippen molar-refractivity contribution in [3.63, 3.8) is 0 Å². The molecule has 2 N–H and O–H groups in total. The fourth-order valence-electron chi connectivity index (χ4n) is 1.01. The summed E-state index contributed by atoms with van der Waals surface area (Å²) in [5.74, 6) is -0.136. The second kappa shape index (κ2) is 4.60. The fraction of sp³-hybridized carbons (Fsp3) is 0.400. The van der Waals surface area contributed by atoms with Gasteiger partial charge in [0, 0.05) is 13.1 Å². The first-order chi connectivity index (χ1) is 6.63. The highest BCUT2D eigenvalue weighted by Crippen LogP contribution is 2.04. The third-order valence-electron chi connectivity index (χ3n) is 1.70. The number of carbonyl (C=O) groups is 1. The van der Waals surface area contributed by atoms with E-state index in [2.05, 4.69) is 15.6 Å². The number of carbonyl (C=O) groups excluding carboxylic acids is 1. The van der Waals surface area contributed by atoms with Gasteiger partial charge in [-0.1, -0.05) is 0 Å². The van der Waals surface area contributed by atoms with E-state index in [9.17, 15) is 4.79 Å². The van der Waals surface area contributed by atoms with Gasteiger partial charge in [0.1, 0.15) is 5.69 Å². The maximum Gasteiger partial charge on any atom is 0.270 e. The molecule has 4 nitrogen and oxygen atoms in total. The molecule has 0 saturated carbocycles. The molecule has 76 valence electrons. The summed E-state index contributed by atoms with van der Waals surface area (Å²) in [6.45, 7) is 3.83. The van der Waals surface area contributed by atoms with Crippen LogP contribution >= 0.6 is 0 Å². The van der Waals surface area contributed by atoms with E-state index in [0.717, 1.165) is 5.69 Å². The first kappa shape index (κ1) is 10.5. The Kier molecular flexibility index (Phi) is 3.45. The summed E-state index contributed by atoms with van der Waals surface area (Å²) in [5, 5.41) is 5.71. The van der Waals surface area contributed by atoms with E-state index in [0.29, 0.717) is 5.69 Å². The van der Waals surface area contributed by atoms with Crippen LogP contribution < -0.4 is 10.6 Å². The molecule has 0 aliphatic heterocycles. The van der Waals surface area contributed by atoms with Crippen LogP contribution in [0.4, 0.5) is 5.69 Å². The Hall–Kier alpha value is -1.58. The van der Waals surface area contributed by atoms with Gasteiger partial charge in [0.25, 0.3) is 5.91 Å². The molecule has 0 fully saturated rings. The number of rotatable bonds is 3. The molecule has 0 unspecified atom stereocenters. The molecule has 1 amide bonds. The van der Waals surface area contributed by atoms with Crippen LogP contribution in [0.3, 0.4) is 0 Å². The SMILES string of the molecule is CNc1ccc(C(=O)NC(C)C)nc1. The Morgan fingerprint density at radius 1 is 1.43 bits per heavy atom. The predicted octanol–water partition coefficient (Wildman–Crippen LogP) is 1.26. The monoisotopic (exact) mass is 193 g/mol. The van der Waals surface area contributed by atoms with Crippen molar-refractivity contribution >= 4 is 11.6 Å². The molecule has 0 bridgehead atoms. The number of pyridine rings is 1. The highest BCUT2D eigenvalue weighted by Gasteiger charge is 2.07. The van der Waals surface area contributed by atoms with E-state index in [4.69, 9.17) is 0 Å². The molecular weight excluding hydrogens is 178 g/mol. The van der Waals surface area contributed by atoms with Crippen LogP contribution in [-0.4, -0.2) is 24.0 Å². The average molecular weight is 193 g/mol. The highest BCUT2D eigenvalue weighted by molar-refractivity contribution is 5.92. The fourth-order valence-corrected chi connectivity index (χ4v) is 1.01. The van der Waals surface area contributed by atoms with Gasteiger partial charge in [0.2, 0.25) is 0 Å². The van der Waals surface area contributed by atoms with Gasteiger partial charge in [-0.2, -0.15) is 0 Å². The maximum absolute atomic E-state index is 11.5. The van der Waals surface area contributed by atoms with E-state index in [1.54, 1.807) is 12.3 Å². The number of amides is 1. The zero-order chi connectivity index (χ0) is 10.6. The summed E-state index contributed by atoms with van der Waals surface area (Å²) in [6, 6.07) is 3.65. The van der Waals surface area contributed by atoms with Crippen LogP contribution in [0.5, 0.6) is 0 Å². The molecule has 1 heterocycles. The van der Waals surface area contributed by atoms with E-state index in [-0.39, 0.29) is 11.9 Å². The van der Waals surface area contributed by atoms with Gasteiger partial charge >= 0.3 is 0 Å². The lowest BCUT2D eigenvalue weighted by atomic mass is 10.3. The van der Waals surface area contributed by atoms with Crippen molar-refractivity contribution in [1.29, 1.82) is 0 Å². The first-order valence-corrected chi connectivity index (χ1v) is 4.58. The van der Waals surface area contributed by atoms with E-state index in [1.165, 1.54) is 0 Å². The smallest absolute Gasteiger partial charge is 0.270 e. The van der Waals surface area contributed by atoms with Gasteiger partial charge in [0.15, 0.2) is 0 Å². The van der Waals surface area contributed by atoms with E-state index in [1.807, 2.05) is 27.0 Å². The summed E-state index contributed by atoms with van der Waals surface area (Å²) >= 11 is 0. The van der Waals surface area contributed by atoms with Crippen molar-refractivity contribution in [3.8, 4) is 0 Å². The third kappa shape index (κ3) is 2.73. The van der Waals surface area contributed by atoms with Crippen molar-refractivity contribution in [2.45, 2.75) is 19.9 Å². The Bertz CT molecular complexity index is 306. The van der Waals surface area contributed by atoms with Gasteiger partial charge in [0.05, 0.1) is 11.9 Å². The lowest BCUT2D eigenvalue weighted by Crippen LogP contribution is -2.30. The second-order valence-corrected chi connectivity index (χ2v) is 3.31. The zero-order valence-electron chi connectivity index (χ0n) is 8.66. The van der Waals surface area contributed by atoms with Crippen molar-refractivity contribution in [3.05, 3.63) is 24.0 Å². The normalized spacial score (nSPS) is 10.0. The lowest BCUT2D eigenvalue weighted by molar-refractivity contribution is 0.0938. The topological polar surface area (TPSA) is 54.0 Å². The molecule has 14 heavy (non-hydrogen) atoms. The molecule has 1 aromatic heterocycles. The molecule has 0 radical (unpaired) electrons. The second-order valence-electron chi connectivity index (χ2n) is 3.31. The summed E-state index contributed by atoms with van der Waals surface area (Å²) in [7, 11) is 1.81. The van der Waals surface area contributed by atoms with Crippen LogP contribution in [-0.2, 0) is 0 Å². The van der Waals surface area contributed by atoms with Gasteiger partial charge in [-0.25, -0.2) is 4.98 Å². The lowest BCUT2D eigenvalue weighted by Gasteiger charge is -2.07. The average Bonchev–Trinajstić information content (AvgIpc) is 2.17. The largest absolute Gasteiger partial charge is 0.387 e. The molecule has 4 heteroatoms. The molecule has 0 spiro atoms. The van der Waals surface area contributed by atoms with Gasteiger partial charge in [-0.15, -0.1) is 0 Å².